The summed E-state index contributed by atoms with van der Waals surface area (Å²) in [5, 5.41) is 3.01. The van der Waals surface area contributed by atoms with E-state index < -0.39 is 0 Å². The van der Waals surface area contributed by atoms with E-state index in [-0.39, 0.29) is 5.82 Å². The average Bonchev–Trinajstić information content (AvgIpc) is 2.02. The number of rotatable bonds is 3. The highest BCUT2D eigenvalue weighted by Gasteiger charge is 2.01. The first-order chi connectivity index (χ1) is 6.09. The molecule has 0 atom stereocenters. The summed E-state index contributed by atoms with van der Waals surface area (Å²) in [5.74, 6) is 0.343. The van der Waals surface area contributed by atoms with E-state index >= 15 is 0 Å². The fraction of sp³-hybridized carbons (Fsp3) is 0.125. The summed E-state index contributed by atoms with van der Waals surface area (Å²) in [6.07, 6.45) is 1.18. The molecule has 1 heterocycles. The van der Waals surface area contributed by atoms with E-state index in [4.69, 9.17) is 0 Å². The first kappa shape index (κ1) is 10.9. The van der Waals surface area contributed by atoms with Gasteiger partial charge in [0.05, 0.1) is 9.77 Å². The van der Waals surface area contributed by atoms with Crippen molar-refractivity contribution in [3.8, 4) is 0 Å². The van der Waals surface area contributed by atoms with Gasteiger partial charge in [-0.1, -0.05) is 22.5 Å². The minimum atomic E-state index is -0.326. The van der Waals surface area contributed by atoms with E-state index in [9.17, 15) is 4.39 Å². The lowest BCUT2D eigenvalue weighted by atomic mass is 10.4. The largest absolute Gasteiger partial charge is 0.365 e. The van der Waals surface area contributed by atoms with Gasteiger partial charge >= 0.3 is 0 Å². The third kappa shape index (κ3) is 3.60. The van der Waals surface area contributed by atoms with E-state index in [0.717, 1.165) is 8.05 Å². The van der Waals surface area contributed by atoms with Gasteiger partial charge in [0.1, 0.15) is 11.6 Å². The molecule has 1 aromatic heterocycles. The van der Waals surface area contributed by atoms with Gasteiger partial charge in [0.2, 0.25) is 0 Å². The van der Waals surface area contributed by atoms with E-state index in [1.807, 2.05) is 22.6 Å². The van der Waals surface area contributed by atoms with Crippen LogP contribution in [-0.2, 0) is 0 Å². The predicted octanol–water partition coefficient (Wildman–Crippen LogP) is 3.15. The molecule has 1 N–H and O–H groups in total. The molecule has 0 radical (unpaired) electrons. The molecule has 5 heteroatoms. The Morgan fingerprint density at radius 1 is 1.77 bits per heavy atom. The summed E-state index contributed by atoms with van der Waals surface area (Å²) in [7, 11) is 0. The van der Waals surface area contributed by atoms with Crippen molar-refractivity contribution in [3.63, 3.8) is 0 Å². The lowest BCUT2D eigenvalue weighted by Gasteiger charge is -2.05. The second-order valence-corrected chi connectivity index (χ2v) is 4.64. The smallest absolute Gasteiger partial charge is 0.142 e. The number of nitrogens with zero attached hydrogens (tertiary/aromatic N) is 1. The monoisotopic (exact) mass is 356 g/mol. The van der Waals surface area contributed by atoms with Crippen molar-refractivity contribution >= 4 is 44.3 Å². The van der Waals surface area contributed by atoms with Gasteiger partial charge in [0.15, 0.2) is 0 Å². The quantitative estimate of drug-likeness (QED) is 0.841. The van der Waals surface area contributed by atoms with Crippen molar-refractivity contribution in [2.75, 3.05) is 11.9 Å². The molecular formula is C8H7BrFIN2. The van der Waals surface area contributed by atoms with Gasteiger partial charge in [0, 0.05) is 11.0 Å². The van der Waals surface area contributed by atoms with Crippen molar-refractivity contribution in [2.24, 2.45) is 0 Å². The second-order valence-electron chi connectivity index (χ2n) is 2.35. The molecule has 0 aliphatic heterocycles. The Kier molecular flexibility index (Phi) is 4.11. The van der Waals surface area contributed by atoms with Crippen molar-refractivity contribution in [1.29, 1.82) is 0 Å². The average molecular weight is 357 g/mol. The van der Waals surface area contributed by atoms with E-state index in [1.54, 1.807) is 0 Å². The zero-order valence-corrected chi connectivity index (χ0v) is 10.4. The first-order valence-corrected chi connectivity index (χ1v) is 5.35. The standard InChI is InChI=1S/C8H7BrFIN2/c1-5(9)3-12-8-7(11)2-6(10)4-13-8/h2,4H,1,3H2,(H,12,13). The zero-order chi connectivity index (χ0) is 9.84. The predicted molar refractivity (Wildman–Crippen MR) is 63.5 cm³/mol. The summed E-state index contributed by atoms with van der Waals surface area (Å²) in [6.45, 7) is 4.25. The van der Waals surface area contributed by atoms with E-state index in [2.05, 4.69) is 32.8 Å². The Bertz CT molecular complexity index is 330. The highest BCUT2D eigenvalue weighted by Crippen LogP contribution is 2.16. The number of hydrogen-bond donors (Lipinski definition) is 1. The summed E-state index contributed by atoms with van der Waals surface area (Å²) in [4.78, 5) is 3.89. The molecule has 0 spiro atoms. The maximum atomic E-state index is 12.6. The molecule has 70 valence electrons. The van der Waals surface area contributed by atoms with Crippen LogP contribution in [0.1, 0.15) is 0 Å². The molecule has 0 saturated heterocycles. The van der Waals surface area contributed by atoms with Crippen molar-refractivity contribution in [1.82, 2.24) is 4.98 Å². The Balaban J connectivity index is 2.72. The maximum absolute atomic E-state index is 12.6. The topological polar surface area (TPSA) is 24.9 Å². The van der Waals surface area contributed by atoms with Crippen LogP contribution in [0, 0.1) is 9.39 Å². The van der Waals surface area contributed by atoms with Crippen molar-refractivity contribution < 1.29 is 4.39 Å². The third-order valence-electron chi connectivity index (χ3n) is 1.26. The molecule has 0 aliphatic carbocycles. The number of aromatic nitrogens is 1. The SMILES string of the molecule is C=C(Br)CNc1ncc(F)cc1I. The summed E-state index contributed by atoms with van der Waals surface area (Å²) in [6, 6.07) is 1.42. The molecule has 0 aromatic carbocycles. The van der Waals surface area contributed by atoms with Gasteiger partial charge in [0.25, 0.3) is 0 Å². The minimum Gasteiger partial charge on any atom is -0.365 e. The zero-order valence-electron chi connectivity index (χ0n) is 6.65. The van der Waals surface area contributed by atoms with Crippen LogP contribution in [0.4, 0.5) is 10.2 Å². The van der Waals surface area contributed by atoms with Crippen LogP contribution < -0.4 is 5.32 Å². The Morgan fingerprint density at radius 2 is 2.46 bits per heavy atom. The van der Waals surface area contributed by atoms with Gasteiger partial charge in [-0.15, -0.1) is 0 Å². The van der Waals surface area contributed by atoms with Gasteiger partial charge < -0.3 is 5.32 Å². The lowest BCUT2D eigenvalue weighted by molar-refractivity contribution is 0.620. The second kappa shape index (κ2) is 4.90. The normalized spacial score (nSPS) is 9.77. The van der Waals surface area contributed by atoms with Crippen LogP contribution in [0.25, 0.3) is 0 Å². The molecule has 0 aliphatic rings. The number of anilines is 1. The number of hydrogen-bond acceptors (Lipinski definition) is 2. The highest BCUT2D eigenvalue weighted by atomic mass is 127. The lowest BCUT2D eigenvalue weighted by Crippen LogP contribution is -2.04. The molecule has 0 fully saturated rings. The molecule has 1 rings (SSSR count). The van der Waals surface area contributed by atoms with Crippen LogP contribution in [0.3, 0.4) is 0 Å². The van der Waals surface area contributed by atoms with Crippen LogP contribution in [-0.4, -0.2) is 11.5 Å². The summed E-state index contributed by atoms with van der Waals surface area (Å²) >= 11 is 5.23. The van der Waals surface area contributed by atoms with Crippen molar-refractivity contribution in [3.05, 3.63) is 32.7 Å². The molecular weight excluding hydrogens is 350 g/mol. The molecule has 2 nitrogen and oxygen atoms in total. The van der Waals surface area contributed by atoms with Crippen LogP contribution in [0.15, 0.2) is 23.3 Å². The van der Waals surface area contributed by atoms with Crippen LogP contribution in [0.5, 0.6) is 0 Å². The molecule has 0 amide bonds. The minimum absolute atomic E-state index is 0.326. The molecule has 13 heavy (non-hydrogen) atoms. The number of halogens is 3. The van der Waals surface area contributed by atoms with E-state index in [0.29, 0.717) is 12.4 Å². The van der Waals surface area contributed by atoms with Crippen LogP contribution >= 0.6 is 38.5 Å². The Morgan fingerprint density at radius 3 is 3.00 bits per heavy atom. The Hall–Kier alpha value is -0.170. The molecule has 0 unspecified atom stereocenters. The summed E-state index contributed by atoms with van der Waals surface area (Å²) in [5.41, 5.74) is 0. The van der Waals surface area contributed by atoms with Crippen LogP contribution in [0.2, 0.25) is 0 Å². The third-order valence-corrected chi connectivity index (χ3v) is 2.36. The Labute approximate surface area is 97.9 Å². The van der Waals surface area contributed by atoms with E-state index in [1.165, 1.54) is 12.3 Å². The van der Waals surface area contributed by atoms with Gasteiger partial charge in [-0.2, -0.15) is 0 Å². The summed E-state index contributed by atoms with van der Waals surface area (Å²) < 4.78 is 14.2. The fourth-order valence-corrected chi connectivity index (χ4v) is 1.49. The molecule has 0 bridgehead atoms. The molecule has 1 aromatic rings. The highest BCUT2D eigenvalue weighted by molar-refractivity contribution is 14.1. The number of nitrogens with one attached hydrogen (secondary N) is 1. The maximum Gasteiger partial charge on any atom is 0.142 e. The van der Waals surface area contributed by atoms with Crippen molar-refractivity contribution in [2.45, 2.75) is 0 Å². The first-order valence-electron chi connectivity index (χ1n) is 3.48. The number of pyridine rings is 1. The van der Waals surface area contributed by atoms with Gasteiger partial charge in [-0.05, 0) is 28.7 Å². The van der Waals surface area contributed by atoms with Gasteiger partial charge in [-0.25, -0.2) is 9.37 Å². The fourth-order valence-electron chi connectivity index (χ4n) is 0.724. The van der Waals surface area contributed by atoms with Gasteiger partial charge in [-0.3, -0.25) is 0 Å². The molecule has 0 saturated carbocycles.